The fourth-order valence-electron chi connectivity index (χ4n) is 2.12. The van der Waals surface area contributed by atoms with E-state index in [9.17, 15) is 4.39 Å². The van der Waals surface area contributed by atoms with Crippen molar-refractivity contribution in [3.63, 3.8) is 0 Å². The third-order valence-corrected chi connectivity index (χ3v) is 3.48. The van der Waals surface area contributed by atoms with Crippen molar-refractivity contribution in [1.29, 1.82) is 0 Å². The minimum absolute atomic E-state index is 0.113. The molecule has 4 heteroatoms. The van der Waals surface area contributed by atoms with Crippen LogP contribution < -0.4 is 14.8 Å². The zero-order valence-corrected chi connectivity index (χ0v) is 12.5. The van der Waals surface area contributed by atoms with E-state index in [2.05, 4.69) is 5.32 Å². The lowest BCUT2D eigenvalue weighted by molar-refractivity contribution is 0.382. The summed E-state index contributed by atoms with van der Waals surface area (Å²) in [4.78, 5) is 0. The molecule has 1 N–H and O–H groups in total. The standard InChI is InChI=1S/C17H20FNO2/c1-12(13-7-9-15(20-2)10-8-13)19-11-14-5-4-6-16(21-3)17(14)18/h4-10,12,19H,11H2,1-3H3/t12-/m0/s1. The summed E-state index contributed by atoms with van der Waals surface area (Å²) < 4.78 is 24.2. The summed E-state index contributed by atoms with van der Waals surface area (Å²) in [5.74, 6) is 0.783. The Morgan fingerprint density at radius 3 is 2.38 bits per heavy atom. The summed E-state index contributed by atoms with van der Waals surface area (Å²) in [5.41, 5.74) is 1.72. The maximum Gasteiger partial charge on any atom is 0.169 e. The number of halogens is 1. The van der Waals surface area contributed by atoms with Crippen LogP contribution in [0.1, 0.15) is 24.1 Å². The Balaban J connectivity index is 2.01. The molecular formula is C17H20FNO2. The molecule has 112 valence electrons. The Labute approximate surface area is 124 Å². The molecule has 0 saturated carbocycles. The number of benzene rings is 2. The van der Waals surface area contributed by atoms with Crippen LogP contribution in [0.3, 0.4) is 0 Å². The van der Waals surface area contributed by atoms with Crippen LogP contribution in [0, 0.1) is 5.82 Å². The van der Waals surface area contributed by atoms with Gasteiger partial charge in [0.25, 0.3) is 0 Å². The fraction of sp³-hybridized carbons (Fsp3) is 0.294. The summed E-state index contributed by atoms with van der Waals surface area (Å²) in [6.45, 7) is 2.48. The van der Waals surface area contributed by atoms with E-state index in [0.29, 0.717) is 12.1 Å². The molecule has 2 aromatic rings. The lowest BCUT2D eigenvalue weighted by atomic mass is 10.1. The first-order valence-corrected chi connectivity index (χ1v) is 6.84. The monoisotopic (exact) mass is 289 g/mol. The molecule has 1 atom stereocenters. The van der Waals surface area contributed by atoms with Gasteiger partial charge in [-0.1, -0.05) is 24.3 Å². The van der Waals surface area contributed by atoms with E-state index in [-0.39, 0.29) is 17.6 Å². The fourth-order valence-corrected chi connectivity index (χ4v) is 2.12. The molecule has 0 aliphatic rings. The zero-order chi connectivity index (χ0) is 15.2. The lowest BCUT2D eigenvalue weighted by Crippen LogP contribution is -2.18. The van der Waals surface area contributed by atoms with E-state index in [1.807, 2.05) is 31.2 Å². The summed E-state index contributed by atoms with van der Waals surface area (Å²) in [6, 6.07) is 13.1. The highest BCUT2D eigenvalue weighted by molar-refractivity contribution is 5.32. The van der Waals surface area contributed by atoms with Gasteiger partial charge in [-0.2, -0.15) is 0 Å². The Hall–Kier alpha value is -2.07. The van der Waals surface area contributed by atoms with Crippen molar-refractivity contribution in [2.75, 3.05) is 14.2 Å². The third kappa shape index (κ3) is 3.73. The molecule has 21 heavy (non-hydrogen) atoms. The first-order chi connectivity index (χ1) is 10.2. The van der Waals surface area contributed by atoms with Crippen molar-refractivity contribution >= 4 is 0 Å². The van der Waals surface area contributed by atoms with Crippen molar-refractivity contribution in [3.05, 3.63) is 59.4 Å². The van der Waals surface area contributed by atoms with Crippen LogP contribution in [0.5, 0.6) is 11.5 Å². The van der Waals surface area contributed by atoms with Gasteiger partial charge < -0.3 is 14.8 Å². The van der Waals surface area contributed by atoms with Crippen molar-refractivity contribution in [1.82, 2.24) is 5.32 Å². The van der Waals surface area contributed by atoms with Crippen molar-refractivity contribution in [2.24, 2.45) is 0 Å². The molecule has 0 radical (unpaired) electrons. The molecule has 0 bridgehead atoms. The number of rotatable bonds is 6. The Bertz CT molecular complexity index is 584. The Kier molecular flexibility index (Phi) is 5.17. The van der Waals surface area contributed by atoms with Crippen LogP contribution in [0.15, 0.2) is 42.5 Å². The van der Waals surface area contributed by atoms with Gasteiger partial charge in [-0.25, -0.2) is 4.39 Å². The van der Waals surface area contributed by atoms with Gasteiger partial charge >= 0.3 is 0 Å². The summed E-state index contributed by atoms with van der Waals surface area (Å²) in [7, 11) is 3.11. The summed E-state index contributed by atoms with van der Waals surface area (Å²) in [6.07, 6.45) is 0. The van der Waals surface area contributed by atoms with E-state index in [1.165, 1.54) is 7.11 Å². The quantitative estimate of drug-likeness (QED) is 0.879. The normalized spacial score (nSPS) is 12.0. The number of nitrogens with one attached hydrogen (secondary N) is 1. The summed E-state index contributed by atoms with van der Waals surface area (Å²) >= 11 is 0. The SMILES string of the molecule is COc1ccc([C@H](C)NCc2cccc(OC)c2F)cc1. The van der Waals surface area contributed by atoms with Gasteiger partial charge in [0.15, 0.2) is 11.6 Å². The molecule has 2 rings (SSSR count). The Morgan fingerprint density at radius 1 is 1.05 bits per heavy atom. The van der Waals surface area contributed by atoms with Gasteiger partial charge in [-0.15, -0.1) is 0 Å². The van der Waals surface area contributed by atoms with E-state index < -0.39 is 0 Å². The molecule has 0 unspecified atom stereocenters. The molecule has 0 saturated heterocycles. The second-order valence-corrected chi connectivity index (χ2v) is 4.81. The highest BCUT2D eigenvalue weighted by Crippen LogP contribution is 2.21. The smallest absolute Gasteiger partial charge is 0.169 e. The first kappa shape index (κ1) is 15.3. The molecule has 2 aromatic carbocycles. The van der Waals surface area contributed by atoms with E-state index >= 15 is 0 Å². The van der Waals surface area contributed by atoms with Gasteiger partial charge in [0, 0.05) is 18.2 Å². The second kappa shape index (κ2) is 7.09. The Morgan fingerprint density at radius 2 is 1.76 bits per heavy atom. The van der Waals surface area contributed by atoms with E-state index in [0.717, 1.165) is 11.3 Å². The third-order valence-electron chi connectivity index (χ3n) is 3.48. The van der Waals surface area contributed by atoms with Gasteiger partial charge in [-0.05, 0) is 30.7 Å². The molecule has 3 nitrogen and oxygen atoms in total. The number of methoxy groups -OCH3 is 2. The van der Waals surface area contributed by atoms with Gasteiger partial charge in [-0.3, -0.25) is 0 Å². The maximum atomic E-state index is 14.0. The predicted octanol–water partition coefficient (Wildman–Crippen LogP) is 3.69. The summed E-state index contributed by atoms with van der Waals surface area (Å²) in [5, 5.41) is 3.31. The molecular weight excluding hydrogens is 269 g/mol. The highest BCUT2D eigenvalue weighted by atomic mass is 19.1. The van der Waals surface area contributed by atoms with E-state index in [4.69, 9.17) is 9.47 Å². The van der Waals surface area contributed by atoms with Crippen LogP contribution in [0.2, 0.25) is 0 Å². The van der Waals surface area contributed by atoms with Crippen LogP contribution in [0.25, 0.3) is 0 Å². The van der Waals surface area contributed by atoms with Crippen LogP contribution in [0.4, 0.5) is 4.39 Å². The average Bonchev–Trinajstić information content (AvgIpc) is 2.53. The number of hydrogen-bond acceptors (Lipinski definition) is 3. The van der Waals surface area contributed by atoms with Crippen molar-refractivity contribution < 1.29 is 13.9 Å². The van der Waals surface area contributed by atoms with Crippen LogP contribution in [-0.2, 0) is 6.54 Å². The maximum absolute atomic E-state index is 14.0. The van der Waals surface area contributed by atoms with E-state index in [1.54, 1.807) is 25.3 Å². The molecule has 0 fully saturated rings. The van der Waals surface area contributed by atoms with Gasteiger partial charge in [0.1, 0.15) is 5.75 Å². The van der Waals surface area contributed by atoms with Crippen LogP contribution in [-0.4, -0.2) is 14.2 Å². The number of hydrogen-bond donors (Lipinski definition) is 1. The molecule has 0 aromatic heterocycles. The number of ether oxygens (including phenoxy) is 2. The largest absolute Gasteiger partial charge is 0.497 e. The molecule has 0 amide bonds. The molecule has 0 aliphatic carbocycles. The van der Waals surface area contributed by atoms with Gasteiger partial charge in [0.2, 0.25) is 0 Å². The zero-order valence-electron chi connectivity index (χ0n) is 12.5. The highest BCUT2D eigenvalue weighted by Gasteiger charge is 2.10. The average molecular weight is 289 g/mol. The molecule has 0 aliphatic heterocycles. The minimum atomic E-state index is -0.311. The lowest BCUT2D eigenvalue weighted by Gasteiger charge is -2.15. The van der Waals surface area contributed by atoms with Gasteiger partial charge in [0.05, 0.1) is 14.2 Å². The topological polar surface area (TPSA) is 30.5 Å². The van der Waals surface area contributed by atoms with Crippen LogP contribution >= 0.6 is 0 Å². The minimum Gasteiger partial charge on any atom is -0.497 e. The van der Waals surface area contributed by atoms with Crippen molar-refractivity contribution in [2.45, 2.75) is 19.5 Å². The molecule has 0 spiro atoms. The first-order valence-electron chi connectivity index (χ1n) is 6.84. The molecule has 0 heterocycles. The second-order valence-electron chi connectivity index (χ2n) is 4.81. The van der Waals surface area contributed by atoms with Crippen molar-refractivity contribution in [3.8, 4) is 11.5 Å². The predicted molar refractivity (Wildman–Crippen MR) is 81.2 cm³/mol.